The molecule has 4 nitrogen and oxygen atoms in total. The molecule has 0 amide bonds. The summed E-state index contributed by atoms with van der Waals surface area (Å²) >= 11 is 0. The fourth-order valence-corrected chi connectivity index (χ4v) is 8.48. The minimum absolute atomic E-state index is 0.927. The summed E-state index contributed by atoms with van der Waals surface area (Å²) in [6.45, 7) is 0. The molecule has 0 spiro atoms. The molecule has 0 atom stereocenters. The molecule has 11 rings (SSSR count). The highest BCUT2D eigenvalue weighted by molar-refractivity contribution is 6.21. The maximum atomic E-state index is 5.09. The average Bonchev–Trinajstić information content (AvgIpc) is 3.85. The zero-order chi connectivity index (χ0) is 37.7. The van der Waals surface area contributed by atoms with Crippen LogP contribution in [-0.4, -0.2) is 14.0 Å². The number of hydrogen-bond donors (Lipinski definition) is 0. The lowest BCUT2D eigenvalue weighted by Crippen LogP contribution is -2.09. The predicted molar refractivity (Wildman–Crippen MR) is 238 cm³/mol. The normalized spacial score (nSPS) is 11.5. The van der Waals surface area contributed by atoms with E-state index >= 15 is 0 Å². The van der Waals surface area contributed by atoms with E-state index in [-0.39, 0.29) is 0 Å². The second-order valence-corrected chi connectivity index (χ2v) is 14.4. The van der Waals surface area contributed by atoms with E-state index in [0.29, 0.717) is 0 Å². The van der Waals surface area contributed by atoms with E-state index in [9.17, 15) is 0 Å². The Labute approximate surface area is 330 Å². The molecule has 0 saturated heterocycles. The highest BCUT2D eigenvalue weighted by Gasteiger charge is 2.18. The molecule has 8 aromatic carbocycles. The zero-order valence-electron chi connectivity index (χ0n) is 31.1. The van der Waals surface area contributed by atoms with Gasteiger partial charge in [0.15, 0.2) is 0 Å². The molecular weight excluding hydrogens is 693 g/mol. The van der Waals surface area contributed by atoms with Gasteiger partial charge >= 0.3 is 0 Å². The summed E-state index contributed by atoms with van der Waals surface area (Å²) < 4.78 is 4.57. The lowest BCUT2D eigenvalue weighted by molar-refractivity contribution is 1.18. The first kappa shape index (κ1) is 32.7. The van der Waals surface area contributed by atoms with Gasteiger partial charge in [-0.2, -0.15) is 0 Å². The van der Waals surface area contributed by atoms with Crippen LogP contribution in [0.2, 0.25) is 0 Å². The summed E-state index contributed by atoms with van der Waals surface area (Å²) in [6, 6.07) is 75.8. The molecule has 57 heavy (non-hydrogen) atoms. The van der Waals surface area contributed by atoms with Crippen molar-refractivity contribution in [2.75, 3.05) is 4.90 Å². The monoisotopic (exact) mass is 728 g/mol. The van der Waals surface area contributed by atoms with Crippen LogP contribution >= 0.6 is 0 Å². The number of para-hydroxylation sites is 2. The standard InChI is InChI=1S/C53H36N4/c1-3-14-41(15-4-1)53-52(54-50-21-11-12-36-55(50)53)40-26-33-44(34-27-40)56(42-16-5-2-6-17-42)43-29-22-37(23-30-43)38-24-31-45(32-25-38)57-48-20-10-9-19-47(48)51-46-18-8-7-13-39(46)28-35-49(51)57/h1-36H. The molecule has 0 unspecified atom stereocenters. The van der Waals surface area contributed by atoms with Crippen molar-refractivity contribution >= 4 is 55.3 Å². The molecule has 11 aromatic rings. The number of benzene rings is 8. The van der Waals surface area contributed by atoms with Gasteiger partial charge < -0.3 is 9.47 Å². The molecule has 0 radical (unpaired) electrons. The molecule has 0 aliphatic carbocycles. The molecule has 0 aliphatic rings. The van der Waals surface area contributed by atoms with Crippen molar-refractivity contribution in [3.05, 3.63) is 219 Å². The van der Waals surface area contributed by atoms with Crippen molar-refractivity contribution in [2.24, 2.45) is 0 Å². The molecule has 0 bridgehead atoms. The number of rotatable bonds is 7. The van der Waals surface area contributed by atoms with Crippen LogP contribution in [0, 0.1) is 0 Å². The fraction of sp³-hybridized carbons (Fsp3) is 0. The van der Waals surface area contributed by atoms with Gasteiger partial charge in [-0.3, -0.25) is 4.40 Å². The highest BCUT2D eigenvalue weighted by atomic mass is 15.1. The lowest BCUT2D eigenvalue weighted by atomic mass is 10.0. The van der Waals surface area contributed by atoms with E-state index in [1.54, 1.807) is 0 Å². The van der Waals surface area contributed by atoms with E-state index in [0.717, 1.165) is 50.9 Å². The van der Waals surface area contributed by atoms with Crippen LogP contribution in [0.5, 0.6) is 0 Å². The topological polar surface area (TPSA) is 25.5 Å². The quantitative estimate of drug-likeness (QED) is 0.163. The van der Waals surface area contributed by atoms with Crippen LogP contribution < -0.4 is 4.90 Å². The first-order chi connectivity index (χ1) is 28.3. The Bertz CT molecular complexity index is 3200. The molecule has 0 fully saturated rings. The molecule has 4 heteroatoms. The Morgan fingerprint density at radius 2 is 0.965 bits per heavy atom. The minimum atomic E-state index is 0.927. The Kier molecular flexibility index (Phi) is 7.78. The second-order valence-electron chi connectivity index (χ2n) is 14.4. The first-order valence-corrected chi connectivity index (χ1v) is 19.4. The van der Waals surface area contributed by atoms with Crippen molar-refractivity contribution in [3.63, 3.8) is 0 Å². The maximum Gasteiger partial charge on any atom is 0.137 e. The maximum absolute atomic E-state index is 5.09. The van der Waals surface area contributed by atoms with Crippen LogP contribution in [0.4, 0.5) is 17.1 Å². The summed E-state index contributed by atoms with van der Waals surface area (Å²) in [5.74, 6) is 0. The number of hydrogen-bond acceptors (Lipinski definition) is 2. The van der Waals surface area contributed by atoms with E-state index in [1.807, 2.05) is 6.07 Å². The van der Waals surface area contributed by atoms with Crippen molar-refractivity contribution in [1.82, 2.24) is 14.0 Å². The molecule has 3 aromatic heterocycles. The SMILES string of the molecule is c1ccc(-c2c(-c3ccc(N(c4ccccc4)c4ccc(-c5ccc(-n6c7ccccc7c7c8ccccc8ccc76)cc5)cc4)cc3)nc3ccccn23)cc1. The van der Waals surface area contributed by atoms with Crippen molar-refractivity contribution < 1.29 is 0 Å². The van der Waals surface area contributed by atoms with Gasteiger partial charge in [-0.05, 0) is 94.7 Å². The van der Waals surface area contributed by atoms with Gasteiger partial charge in [0.1, 0.15) is 5.65 Å². The van der Waals surface area contributed by atoms with Gasteiger partial charge in [0.2, 0.25) is 0 Å². The zero-order valence-corrected chi connectivity index (χ0v) is 31.1. The van der Waals surface area contributed by atoms with Crippen LogP contribution in [0.3, 0.4) is 0 Å². The van der Waals surface area contributed by atoms with Crippen LogP contribution in [0.25, 0.3) is 77.6 Å². The van der Waals surface area contributed by atoms with Gasteiger partial charge in [-0.1, -0.05) is 140 Å². The smallest absolute Gasteiger partial charge is 0.137 e. The number of fused-ring (bicyclic) bond motifs is 6. The Morgan fingerprint density at radius 1 is 0.386 bits per heavy atom. The summed E-state index contributed by atoms with van der Waals surface area (Å²) in [7, 11) is 0. The van der Waals surface area contributed by atoms with Gasteiger partial charge in [0, 0.05) is 50.8 Å². The average molecular weight is 729 g/mol. The number of anilines is 3. The molecule has 3 heterocycles. The van der Waals surface area contributed by atoms with Gasteiger partial charge in [-0.25, -0.2) is 4.98 Å². The van der Waals surface area contributed by atoms with Crippen LogP contribution in [0.15, 0.2) is 219 Å². The Morgan fingerprint density at radius 3 is 1.70 bits per heavy atom. The molecule has 0 N–H and O–H groups in total. The van der Waals surface area contributed by atoms with Crippen LogP contribution in [0.1, 0.15) is 0 Å². The van der Waals surface area contributed by atoms with E-state index in [1.165, 1.54) is 43.7 Å². The van der Waals surface area contributed by atoms with E-state index < -0.39 is 0 Å². The van der Waals surface area contributed by atoms with Crippen LogP contribution in [-0.2, 0) is 0 Å². The third-order valence-electron chi connectivity index (χ3n) is 11.1. The fourth-order valence-electron chi connectivity index (χ4n) is 8.48. The van der Waals surface area contributed by atoms with Crippen molar-refractivity contribution in [3.8, 4) is 39.3 Å². The van der Waals surface area contributed by atoms with Crippen molar-refractivity contribution in [1.29, 1.82) is 0 Å². The third-order valence-corrected chi connectivity index (χ3v) is 11.1. The summed E-state index contributed by atoms with van der Waals surface area (Å²) in [5, 5.41) is 5.11. The van der Waals surface area contributed by atoms with Gasteiger partial charge in [-0.15, -0.1) is 0 Å². The summed E-state index contributed by atoms with van der Waals surface area (Å²) in [4.78, 5) is 7.40. The molecular formula is C53H36N4. The number of aromatic nitrogens is 3. The summed E-state index contributed by atoms with van der Waals surface area (Å²) in [5.41, 5.74) is 14.4. The van der Waals surface area contributed by atoms with Gasteiger partial charge in [0.25, 0.3) is 0 Å². The molecule has 0 saturated carbocycles. The minimum Gasteiger partial charge on any atom is -0.311 e. The predicted octanol–water partition coefficient (Wildman–Crippen LogP) is 14.1. The van der Waals surface area contributed by atoms with Crippen molar-refractivity contribution in [2.45, 2.75) is 0 Å². The second kappa shape index (κ2) is 13.6. The number of nitrogens with zero attached hydrogens (tertiary/aromatic N) is 4. The third kappa shape index (κ3) is 5.58. The Hall–Kier alpha value is -7.69. The van der Waals surface area contributed by atoms with E-state index in [2.05, 4.69) is 226 Å². The highest BCUT2D eigenvalue weighted by Crippen LogP contribution is 2.40. The summed E-state index contributed by atoms with van der Waals surface area (Å²) in [6.07, 6.45) is 2.09. The number of imidazole rings is 1. The number of pyridine rings is 1. The first-order valence-electron chi connectivity index (χ1n) is 19.4. The molecule has 0 aliphatic heterocycles. The lowest BCUT2D eigenvalue weighted by Gasteiger charge is -2.26. The van der Waals surface area contributed by atoms with E-state index in [4.69, 9.17) is 4.98 Å². The van der Waals surface area contributed by atoms with Gasteiger partial charge in [0.05, 0.1) is 22.4 Å². The largest absolute Gasteiger partial charge is 0.311 e. The Balaban J connectivity index is 0.932. The molecule has 268 valence electrons.